The molecule has 25 heavy (non-hydrogen) atoms. The van der Waals surface area contributed by atoms with Crippen LogP contribution in [0.3, 0.4) is 0 Å². The molecule has 1 saturated heterocycles. The van der Waals surface area contributed by atoms with Crippen molar-refractivity contribution < 1.29 is 13.9 Å². The van der Waals surface area contributed by atoms with E-state index in [4.69, 9.17) is 14.7 Å². The molecular weight excluding hydrogens is 319 g/mol. The quantitative estimate of drug-likeness (QED) is 0.824. The standard InChI is InChI=1S/C20H21FN2O2/c1-24-16-7-8-17(20(11-16)25-2)19-4-3-9-23(19)13-15-6-5-14(12-22)10-18(15)21/h5-8,10-11,19H,3-4,9,13H2,1-2H3/t19-/m1/s1. The van der Waals surface area contributed by atoms with E-state index in [0.29, 0.717) is 17.7 Å². The lowest BCUT2D eigenvalue weighted by Gasteiger charge is -2.26. The van der Waals surface area contributed by atoms with Gasteiger partial charge < -0.3 is 9.47 Å². The first-order valence-electron chi connectivity index (χ1n) is 8.30. The lowest BCUT2D eigenvalue weighted by molar-refractivity contribution is 0.239. The molecule has 0 unspecified atom stereocenters. The van der Waals surface area contributed by atoms with E-state index >= 15 is 0 Å². The number of nitriles is 1. The van der Waals surface area contributed by atoms with E-state index < -0.39 is 0 Å². The second kappa shape index (κ2) is 7.54. The molecule has 3 rings (SSSR count). The Labute approximate surface area is 147 Å². The molecule has 1 atom stereocenters. The Balaban J connectivity index is 1.85. The molecule has 4 nitrogen and oxygen atoms in total. The molecule has 1 aliphatic heterocycles. The van der Waals surface area contributed by atoms with Crippen LogP contribution in [0.25, 0.3) is 0 Å². The van der Waals surface area contributed by atoms with E-state index in [1.807, 2.05) is 24.3 Å². The number of ether oxygens (including phenoxy) is 2. The normalized spacial score (nSPS) is 17.3. The lowest BCUT2D eigenvalue weighted by Crippen LogP contribution is -2.23. The summed E-state index contributed by atoms with van der Waals surface area (Å²) in [7, 11) is 3.28. The molecule has 1 fully saturated rings. The van der Waals surface area contributed by atoms with Gasteiger partial charge in [-0.2, -0.15) is 5.26 Å². The number of benzene rings is 2. The van der Waals surface area contributed by atoms with Crippen molar-refractivity contribution in [2.24, 2.45) is 0 Å². The zero-order chi connectivity index (χ0) is 17.8. The van der Waals surface area contributed by atoms with Crippen molar-refractivity contribution in [1.82, 2.24) is 4.90 Å². The second-order valence-electron chi connectivity index (χ2n) is 6.15. The first-order valence-corrected chi connectivity index (χ1v) is 8.30. The summed E-state index contributed by atoms with van der Waals surface area (Å²) >= 11 is 0. The van der Waals surface area contributed by atoms with Crippen molar-refractivity contribution in [3.63, 3.8) is 0 Å². The molecule has 0 aliphatic carbocycles. The van der Waals surface area contributed by atoms with Gasteiger partial charge in [0.25, 0.3) is 0 Å². The van der Waals surface area contributed by atoms with E-state index in [0.717, 1.165) is 36.4 Å². The molecule has 5 heteroatoms. The molecule has 0 aromatic heterocycles. The highest BCUT2D eigenvalue weighted by Gasteiger charge is 2.29. The molecule has 2 aromatic rings. The molecule has 1 heterocycles. The average Bonchev–Trinajstić information content (AvgIpc) is 3.10. The van der Waals surface area contributed by atoms with Crippen LogP contribution >= 0.6 is 0 Å². The number of hydrogen-bond acceptors (Lipinski definition) is 4. The minimum Gasteiger partial charge on any atom is -0.497 e. The van der Waals surface area contributed by atoms with Gasteiger partial charge in [0.05, 0.1) is 25.9 Å². The molecule has 0 amide bonds. The van der Waals surface area contributed by atoms with Gasteiger partial charge in [0, 0.05) is 29.8 Å². The van der Waals surface area contributed by atoms with Gasteiger partial charge in [0.1, 0.15) is 17.3 Å². The molecule has 2 aromatic carbocycles. The minimum absolute atomic E-state index is 0.177. The van der Waals surface area contributed by atoms with E-state index in [2.05, 4.69) is 4.90 Å². The third kappa shape index (κ3) is 3.59. The van der Waals surface area contributed by atoms with Crippen molar-refractivity contribution in [1.29, 1.82) is 5.26 Å². The van der Waals surface area contributed by atoms with Crippen LogP contribution in [-0.2, 0) is 6.54 Å². The van der Waals surface area contributed by atoms with Gasteiger partial charge in [-0.15, -0.1) is 0 Å². The Kier molecular flexibility index (Phi) is 5.20. The van der Waals surface area contributed by atoms with Gasteiger partial charge in [-0.1, -0.05) is 12.1 Å². The number of halogens is 1. The van der Waals surface area contributed by atoms with Gasteiger partial charge in [-0.25, -0.2) is 4.39 Å². The Hall–Kier alpha value is -2.58. The fraction of sp³-hybridized carbons (Fsp3) is 0.350. The van der Waals surface area contributed by atoms with Crippen LogP contribution in [0.2, 0.25) is 0 Å². The molecule has 0 spiro atoms. The van der Waals surface area contributed by atoms with Crippen LogP contribution in [0.1, 0.15) is 35.6 Å². The number of nitrogens with zero attached hydrogens (tertiary/aromatic N) is 2. The van der Waals surface area contributed by atoms with Crippen molar-refractivity contribution >= 4 is 0 Å². The highest BCUT2D eigenvalue weighted by molar-refractivity contribution is 5.43. The zero-order valence-corrected chi connectivity index (χ0v) is 14.5. The maximum atomic E-state index is 14.2. The monoisotopic (exact) mass is 340 g/mol. The molecule has 0 N–H and O–H groups in total. The van der Waals surface area contributed by atoms with Gasteiger partial charge in [0.15, 0.2) is 0 Å². The molecule has 0 radical (unpaired) electrons. The topological polar surface area (TPSA) is 45.5 Å². The van der Waals surface area contributed by atoms with Crippen LogP contribution in [0, 0.1) is 17.1 Å². The molecule has 0 bridgehead atoms. The van der Waals surface area contributed by atoms with Crippen LogP contribution in [0.4, 0.5) is 4.39 Å². The summed E-state index contributed by atoms with van der Waals surface area (Å²) in [4.78, 5) is 2.26. The van der Waals surface area contributed by atoms with Crippen LogP contribution in [-0.4, -0.2) is 25.7 Å². The number of likely N-dealkylation sites (tertiary alicyclic amines) is 1. The summed E-state index contributed by atoms with van der Waals surface area (Å²) in [6.07, 6.45) is 2.05. The summed E-state index contributed by atoms with van der Waals surface area (Å²) in [6, 6.07) is 12.6. The second-order valence-corrected chi connectivity index (χ2v) is 6.15. The SMILES string of the molecule is COc1ccc([C@H]2CCCN2Cc2ccc(C#N)cc2F)c(OC)c1. The molecular formula is C20H21FN2O2. The molecule has 130 valence electrons. The number of hydrogen-bond donors (Lipinski definition) is 0. The minimum atomic E-state index is -0.327. The fourth-order valence-electron chi connectivity index (χ4n) is 3.43. The summed E-state index contributed by atoms with van der Waals surface area (Å²) < 4.78 is 25.0. The Morgan fingerprint density at radius 2 is 2.04 bits per heavy atom. The van der Waals surface area contributed by atoms with Crippen molar-refractivity contribution in [2.45, 2.75) is 25.4 Å². The van der Waals surface area contributed by atoms with Gasteiger partial charge in [-0.3, -0.25) is 4.90 Å². The number of rotatable bonds is 5. The van der Waals surface area contributed by atoms with E-state index in [9.17, 15) is 4.39 Å². The zero-order valence-electron chi connectivity index (χ0n) is 14.5. The van der Waals surface area contributed by atoms with Crippen LogP contribution < -0.4 is 9.47 Å². The summed E-state index contributed by atoms with van der Waals surface area (Å²) in [5.74, 6) is 1.21. The van der Waals surface area contributed by atoms with E-state index in [-0.39, 0.29) is 11.9 Å². The fourth-order valence-corrected chi connectivity index (χ4v) is 3.43. The average molecular weight is 340 g/mol. The van der Waals surface area contributed by atoms with Crippen molar-refractivity contribution in [3.8, 4) is 17.6 Å². The predicted octanol–water partition coefficient (Wildman–Crippen LogP) is 4.05. The molecule has 1 aliphatic rings. The molecule has 0 saturated carbocycles. The number of methoxy groups -OCH3 is 2. The maximum Gasteiger partial charge on any atom is 0.129 e. The Bertz CT molecular complexity index is 801. The Morgan fingerprint density at radius 3 is 2.72 bits per heavy atom. The third-order valence-electron chi connectivity index (χ3n) is 4.72. The summed E-state index contributed by atoms with van der Waals surface area (Å²) in [5, 5.41) is 8.88. The lowest BCUT2D eigenvalue weighted by atomic mass is 10.0. The Morgan fingerprint density at radius 1 is 1.20 bits per heavy atom. The maximum absolute atomic E-state index is 14.2. The predicted molar refractivity (Wildman–Crippen MR) is 93.0 cm³/mol. The summed E-state index contributed by atoms with van der Waals surface area (Å²) in [5.41, 5.74) is 2.05. The van der Waals surface area contributed by atoms with Gasteiger partial charge >= 0.3 is 0 Å². The van der Waals surface area contributed by atoms with Crippen molar-refractivity contribution in [2.75, 3.05) is 20.8 Å². The third-order valence-corrected chi connectivity index (χ3v) is 4.72. The van der Waals surface area contributed by atoms with Crippen LogP contribution in [0.5, 0.6) is 11.5 Å². The first kappa shape index (κ1) is 17.2. The summed E-state index contributed by atoms with van der Waals surface area (Å²) in [6.45, 7) is 1.41. The highest BCUT2D eigenvalue weighted by Crippen LogP contribution is 2.39. The largest absolute Gasteiger partial charge is 0.497 e. The first-order chi connectivity index (χ1) is 12.2. The van der Waals surface area contributed by atoms with E-state index in [1.165, 1.54) is 6.07 Å². The van der Waals surface area contributed by atoms with Crippen molar-refractivity contribution in [3.05, 3.63) is 58.9 Å². The smallest absolute Gasteiger partial charge is 0.129 e. The van der Waals surface area contributed by atoms with Gasteiger partial charge in [0.2, 0.25) is 0 Å². The van der Waals surface area contributed by atoms with Gasteiger partial charge in [-0.05, 0) is 37.6 Å². The highest BCUT2D eigenvalue weighted by atomic mass is 19.1. The van der Waals surface area contributed by atoms with E-state index in [1.54, 1.807) is 26.4 Å². The van der Waals surface area contributed by atoms with Crippen LogP contribution in [0.15, 0.2) is 36.4 Å².